The van der Waals surface area contributed by atoms with E-state index in [2.05, 4.69) is 0 Å². The molecule has 0 unspecified atom stereocenters. The Bertz CT molecular complexity index is 625. The number of hydrogen-bond donors (Lipinski definition) is 0. The molecule has 1 fully saturated rings. The van der Waals surface area contributed by atoms with Crippen molar-refractivity contribution in [2.75, 3.05) is 32.9 Å². The number of rotatable bonds is 5. The average molecular weight is 334 g/mol. The van der Waals surface area contributed by atoms with E-state index in [4.69, 9.17) is 21.1 Å². The second-order valence-electron chi connectivity index (χ2n) is 4.60. The van der Waals surface area contributed by atoms with Crippen molar-refractivity contribution in [2.24, 2.45) is 0 Å². The van der Waals surface area contributed by atoms with Crippen LogP contribution in [0.2, 0.25) is 5.02 Å². The van der Waals surface area contributed by atoms with E-state index in [1.807, 2.05) is 0 Å². The highest BCUT2D eigenvalue weighted by molar-refractivity contribution is 7.89. The molecule has 1 heterocycles. The maximum atomic E-state index is 12.4. The van der Waals surface area contributed by atoms with Crippen molar-refractivity contribution in [1.29, 1.82) is 0 Å². The maximum absolute atomic E-state index is 12.4. The van der Waals surface area contributed by atoms with Crippen LogP contribution in [0, 0.1) is 0 Å². The monoisotopic (exact) mass is 333 g/mol. The fourth-order valence-electron chi connectivity index (χ4n) is 1.87. The van der Waals surface area contributed by atoms with Gasteiger partial charge in [-0.1, -0.05) is 11.6 Å². The zero-order valence-corrected chi connectivity index (χ0v) is 13.1. The molecule has 0 spiro atoms. The fraction of sp³-hybridized carbons (Fsp3) is 0.462. The number of carbonyl (C=O) groups is 1. The van der Waals surface area contributed by atoms with E-state index in [-0.39, 0.29) is 28.1 Å². The predicted molar refractivity (Wildman–Crippen MR) is 77.2 cm³/mol. The minimum Gasteiger partial charge on any atom is -0.484 e. The van der Waals surface area contributed by atoms with Crippen molar-refractivity contribution in [3.63, 3.8) is 0 Å². The third-order valence-corrected chi connectivity index (χ3v) is 5.13. The molecule has 21 heavy (non-hydrogen) atoms. The van der Waals surface area contributed by atoms with E-state index in [9.17, 15) is 13.2 Å². The van der Waals surface area contributed by atoms with E-state index >= 15 is 0 Å². The van der Waals surface area contributed by atoms with Crippen LogP contribution in [0.1, 0.15) is 6.92 Å². The number of hydrogen-bond acceptors (Lipinski definition) is 5. The van der Waals surface area contributed by atoms with Crippen LogP contribution in [0.3, 0.4) is 0 Å². The normalized spacial score (nSPS) is 16.7. The second kappa shape index (κ2) is 6.74. The molecule has 1 saturated heterocycles. The van der Waals surface area contributed by atoms with Crippen LogP contribution >= 0.6 is 11.6 Å². The van der Waals surface area contributed by atoms with Crippen LogP contribution in [0.25, 0.3) is 0 Å². The quantitative estimate of drug-likeness (QED) is 0.812. The van der Waals surface area contributed by atoms with Gasteiger partial charge >= 0.3 is 0 Å². The van der Waals surface area contributed by atoms with Crippen molar-refractivity contribution in [3.8, 4) is 5.75 Å². The number of nitrogens with zero attached hydrogens (tertiary/aromatic N) is 1. The lowest BCUT2D eigenvalue weighted by atomic mass is 10.3. The van der Waals surface area contributed by atoms with Crippen molar-refractivity contribution in [3.05, 3.63) is 23.2 Å². The Hall–Kier alpha value is -1.15. The van der Waals surface area contributed by atoms with Gasteiger partial charge in [-0.05, 0) is 25.1 Å². The molecule has 8 heteroatoms. The van der Waals surface area contributed by atoms with Gasteiger partial charge in [-0.2, -0.15) is 4.31 Å². The van der Waals surface area contributed by atoms with Crippen LogP contribution in [0.5, 0.6) is 5.75 Å². The maximum Gasteiger partial charge on any atom is 0.243 e. The molecule has 0 aliphatic carbocycles. The number of morpholine rings is 1. The van der Waals surface area contributed by atoms with E-state index in [0.717, 1.165) is 0 Å². The van der Waals surface area contributed by atoms with Gasteiger partial charge in [0.1, 0.15) is 12.4 Å². The molecule has 0 bridgehead atoms. The van der Waals surface area contributed by atoms with Crippen LogP contribution < -0.4 is 4.74 Å². The zero-order valence-electron chi connectivity index (χ0n) is 11.5. The molecule has 0 saturated carbocycles. The van der Waals surface area contributed by atoms with Gasteiger partial charge in [-0.25, -0.2) is 8.42 Å². The Labute approximate surface area is 128 Å². The smallest absolute Gasteiger partial charge is 0.243 e. The first kappa shape index (κ1) is 16.2. The van der Waals surface area contributed by atoms with E-state index in [0.29, 0.717) is 26.3 Å². The summed E-state index contributed by atoms with van der Waals surface area (Å²) >= 11 is 6.01. The highest BCUT2D eigenvalue weighted by Gasteiger charge is 2.26. The van der Waals surface area contributed by atoms with Crippen LogP contribution in [0.15, 0.2) is 23.1 Å². The van der Waals surface area contributed by atoms with Crippen molar-refractivity contribution in [2.45, 2.75) is 11.8 Å². The van der Waals surface area contributed by atoms with E-state index < -0.39 is 10.0 Å². The topological polar surface area (TPSA) is 72.9 Å². The van der Waals surface area contributed by atoms with Crippen molar-refractivity contribution >= 4 is 27.4 Å². The molecule has 0 N–H and O–H groups in total. The summed E-state index contributed by atoms with van der Waals surface area (Å²) < 4.78 is 36.6. The lowest BCUT2D eigenvalue weighted by molar-refractivity contribution is -0.118. The molecule has 0 radical (unpaired) electrons. The molecular formula is C13H16ClNO5S. The summed E-state index contributed by atoms with van der Waals surface area (Å²) in [5.41, 5.74) is 0. The highest BCUT2D eigenvalue weighted by Crippen LogP contribution is 2.29. The van der Waals surface area contributed by atoms with E-state index in [1.165, 1.54) is 29.4 Å². The largest absolute Gasteiger partial charge is 0.484 e. The first-order valence-electron chi connectivity index (χ1n) is 6.41. The van der Waals surface area contributed by atoms with Crippen LogP contribution in [-0.4, -0.2) is 51.4 Å². The summed E-state index contributed by atoms with van der Waals surface area (Å²) in [6.45, 7) is 2.70. The number of halogens is 1. The first-order chi connectivity index (χ1) is 9.91. The molecule has 116 valence electrons. The van der Waals surface area contributed by atoms with Gasteiger partial charge in [0, 0.05) is 13.1 Å². The highest BCUT2D eigenvalue weighted by atomic mass is 35.5. The average Bonchev–Trinajstić information content (AvgIpc) is 2.46. The van der Waals surface area contributed by atoms with Gasteiger partial charge in [0.05, 0.1) is 23.1 Å². The van der Waals surface area contributed by atoms with Gasteiger partial charge in [0.15, 0.2) is 5.78 Å². The number of ketones is 1. The standard InChI is InChI=1S/C13H16ClNO5S/c1-10(16)9-20-13-3-2-11(8-12(13)14)21(17,18)15-4-6-19-7-5-15/h2-3,8H,4-7,9H2,1H3. The molecular weight excluding hydrogens is 318 g/mol. The lowest BCUT2D eigenvalue weighted by Crippen LogP contribution is -2.40. The number of ether oxygens (including phenoxy) is 2. The summed E-state index contributed by atoms with van der Waals surface area (Å²) in [5, 5.41) is 0.158. The first-order valence-corrected chi connectivity index (χ1v) is 8.23. The van der Waals surface area contributed by atoms with Crippen molar-refractivity contribution in [1.82, 2.24) is 4.31 Å². The summed E-state index contributed by atoms with van der Waals surface area (Å²) in [6, 6.07) is 4.21. The molecule has 0 amide bonds. The van der Waals surface area contributed by atoms with Crippen LogP contribution in [0.4, 0.5) is 0 Å². The lowest BCUT2D eigenvalue weighted by Gasteiger charge is -2.26. The van der Waals surface area contributed by atoms with Gasteiger partial charge in [0.25, 0.3) is 0 Å². The Morgan fingerprint density at radius 3 is 2.62 bits per heavy atom. The molecule has 2 rings (SSSR count). The molecule has 0 aromatic heterocycles. The summed E-state index contributed by atoms with van der Waals surface area (Å²) in [4.78, 5) is 11.0. The van der Waals surface area contributed by atoms with Gasteiger partial charge in [-0.3, -0.25) is 4.79 Å². The van der Waals surface area contributed by atoms with Gasteiger partial charge in [-0.15, -0.1) is 0 Å². The van der Waals surface area contributed by atoms with Gasteiger partial charge in [0.2, 0.25) is 10.0 Å². The minimum atomic E-state index is -3.59. The summed E-state index contributed by atoms with van der Waals surface area (Å²) in [5.74, 6) is 0.142. The Morgan fingerprint density at radius 1 is 1.38 bits per heavy atom. The molecule has 1 aromatic carbocycles. The number of Topliss-reactive ketones (excluding diaryl/α,β-unsaturated/α-hetero) is 1. The Morgan fingerprint density at radius 2 is 2.05 bits per heavy atom. The number of carbonyl (C=O) groups excluding carboxylic acids is 1. The molecule has 6 nitrogen and oxygen atoms in total. The fourth-order valence-corrected chi connectivity index (χ4v) is 3.61. The van der Waals surface area contributed by atoms with E-state index in [1.54, 1.807) is 0 Å². The predicted octanol–water partition coefficient (Wildman–Crippen LogP) is 1.33. The number of benzene rings is 1. The third kappa shape index (κ3) is 3.94. The second-order valence-corrected chi connectivity index (χ2v) is 6.94. The zero-order chi connectivity index (χ0) is 15.5. The summed E-state index contributed by atoms with van der Waals surface area (Å²) in [7, 11) is -3.59. The van der Waals surface area contributed by atoms with Gasteiger partial charge < -0.3 is 9.47 Å². The Kier molecular flexibility index (Phi) is 5.21. The van der Waals surface area contributed by atoms with Crippen LogP contribution in [-0.2, 0) is 19.6 Å². The molecule has 1 aromatic rings. The molecule has 0 atom stereocenters. The molecule has 1 aliphatic rings. The minimum absolute atomic E-state index is 0.101. The SMILES string of the molecule is CC(=O)COc1ccc(S(=O)(=O)N2CCOCC2)cc1Cl. The molecule has 1 aliphatic heterocycles. The third-order valence-electron chi connectivity index (χ3n) is 2.94. The number of sulfonamides is 1. The summed E-state index contributed by atoms with van der Waals surface area (Å²) in [6.07, 6.45) is 0. The Balaban J connectivity index is 2.20. The van der Waals surface area contributed by atoms with Crippen molar-refractivity contribution < 1.29 is 22.7 Å².